The monoisotopic (exact) mass is 196 g/mol. The summed E-state index contributed by atoms with van der Waals surface area (Å²) in [4.78, 5) is 0. The van der Waals surface area contributed by atoms with Gasteiger partial charge in [-0.1, -0.05) is 19.9 Å². The van der Waals surface area contributed by atoms with Gasteiger partial charge in [0, 0.05) is 0 Å². The van der Waals surface area contributed by atoms with E-state index in [9.17, 15) is 0 Å². The van der Waals surface area contributed by atoms with Crippen molar-refractivity contribution in [2.45, 2.75) is 66.1 Å². The fraction of sp³-hybridized carbons (Fsp3) is 0.846. The second kappa shape index (κ2) is 3.69. The lowest BCUT2D eigenvalue weighted by atomic mass is 9.94. The average Bonchev–Trinajstić information content (AvgIpc) is 2.26. The highest BCUT2D eigenvalue weighted by Crippen LogP contribution is 2.37. The van der Waals surface area contributed by atoms with E-state index in [0.29, 0.717) is 5.41 Å². The predicted octanol–water partition coefficient (Wildman–Crippen LogP) is 3.94. The first-order valence-corrected chi connectivity index (χ1v) is 5.59. The topological polar surface area (TPSA) is 9.23 Å². The number of rotatable bonds is 2. The molecule has 0 saturated heterocycles. The molecular formula is C13H24O. The predicted molar refractivity (Wildman–Crippen MR) is 61.4 cm³/mol. The van der Waals surface area contributed by atoms with E-state index in [2.05, 4.69) is 47.6 Å². The van der Waals surface area contributed by atoms with Crippen molar-refractivity contribution >= 4 is 0 Å². The molecule has 0 radical (unpaired) electrons. The summed E-state index contributed by atoms with van der Waals surface area (Å²) in [5, 5.41) is 0. The summed E-state index contributed by atoms with van der Waals surface area (Å²) in [5.41, 5.74) is 1.82. The molecule has 1 heteroatoms. The summed E-state index contributed by atoms with van der Waals surface area (Å²) in [6.45, 7) is 13.1. The van der Waals surface area contributed by atoms with Gasteiger partial charge in [-0.2, -0.15) is 0 Å². The molecule has 0 spiro atoms. The van der Waals surface area contributed by atoms with Crippen LogP contribution in [0, 0.1) is 5.41 Å². The van der Waals surface area contributed by atoms with Gasteiger partial charge in [0.1, 0.15) is 0 Å². The molecule has 0 aliphatic heterocycles. The molecule has 0 aromatic rings. The van der Waals surface area contributed by atoms with Crippen LogP contribution < -0.4 is 0 Å². The van der Waals surface area contributed by atoms with Gasteiger partial charge in [-0.05, 0) is 51.5 Å². The van der Waals surface area contributed by atoms with Crippen LogP contribution in [0.2, 0.25) is 0 Å². The van der Waals surface area contributed by atoms with Gasteiger partial charge in [0.15, 0.2) is 0 Å². The van der Waals surface area contributed by atoms with E-state index in [1.165, 1.54) is 18.4 Å². The Morgan fingerprint density at radius 3 is 2.29 bits per heavy atom. The molecule has 0 aromatic carbocycles. The summed E-state index contributed by atoms with van der Waals surface area (Å²) in [6, 6.07) is 0. The van der Waals surface area contributed by atoms with Crippen molar-refractivity contribution in [3.8, 4) is 0 Å². The Bertz CT molecular complexity index is 230. The number of hydrogen-bond donors (Lipinski definition) is 0. The first-order valence-electron chi connectivity index (χ1n) is 5.59. The van der Waals surface area contributed by atoms with Crippen molar-refractivity contribution < 1.29 is 4.74 Å². The van der Waals surface area contributed by atoms with Crippen LogP contribution in [0.15, 0.2) is 11.6 Å². The van der Waals surface area contributed by atoms with Crippen molar-refractivity contribution in [3.05, 3.63) is 11.6 Å². The van der Waals surface area contributed by atoms with Crippen LogP contribution >= 0.6 is 0 Å². The van der Waals surface area contributed by atoms with E-state index >= 15 is 0 Å². The fourth-order valence-corrected chi connectivity index (χ4v) is 2.04. The van der Waals surface area contributed by atoms with Crippen molar-refractivity contribution in [2.75, 3.05) is 0 Å². The Labute approximate surface area is 88.5 Å². The summed E-state index contributed by atoms with van der Waals surface area (Å²) < 4.78 is 5.95. The van der Waals surface area contributed by atoms with Gasteiger partial charge in [-0.3, -0.25) is 0 Å². The molecule has 1 nitrogen and oxygen atoms in total. The highest BCUT2D eigenvalue weighted by atomic mass is 16.5. The van der Waals surface area contributed by atoms with Gasteiger partial charge in [0.05, 0.1) is 11.7 Å². The molecule has 0 amide bonds. The number of allylic oxidation sites excluding steroid dienone is 1. The number of hydrogen-bond acceptors (Lipinski definition) is 1. The lowest BCUT2D eigenvalue weighted by Gasteiger charge is -2.26. The molecule has 1 rings (SSSR count). The maximum atomic E-state index is 5.95. The molecule has 0 fully saturated rings. The molecule has 1 aliphatic carbocycles. The quantitative estimate of drug-likeness (QED) is 0.608. The fourth-order valence-electron chi connectivity index (χ4n) is 2.04. The Morgan fingerprint density at radius 2 is 1.93 bits per heavy atom. The van der Waals surface area contributed by atoms with Gasteiger partial charge >= 0.3 is 0 Å². The average molecular weight is 196 g/mol. The van der Waals surface area contributed by atoms with Gasteiger partial charge < -0.3 is 4.74 Å². The molecule has 1 unspecified atom stereocenters. The van der Waals surface area contributed by atoms with Crippen LogP contribution in [-0.2, 0) is 4.74 Å². The third-order valence-electron chi connectivity index (χ3n) is 2.69. The highest BCUT2D eigenvalue weighted by Gasteiger charge is 2.27. The van der Waals surface area contributed by atoms with Crippen molar-refractivity contribution in [3.63, 3.8) is 0 Å². The molecule has 0 N–H and O–H groups in total. The largest absolute Gasteiger partial charge is 0.369 e. The van der Waals surface area contributed by atoms with E-state index in [1.54, 1.807) is 0 Å². The summed E-state index contributed by atoms with van der Waals surface area (Å²) in [5.74, 6) is 0. The Kier molecular flexibility index (Phi) is 3.10. The van der Waals surface area contributed by atoms with Crippen molar-refractivity contribution in [2.24, 2.45) is 5.41 Å². The Balaban J connectivity index is 2.59. The van der Waals surface area contributed by atoms with Gasteiger partial charge in [0.2, 0.25) is 0 Å². The molecular weight excluding hydrogens is 172 g/mol. The zero-order chi connectivity index (χ0) is 11.0. The molecule has 1 atom stereocenters. The van der Waals surface area contributed by atoms with E-state index in [0.717, 1.165) is 0 Å². The van der Waals surface area contributed by atoms with E-state index in [4.69, 9.17) is 4.74 Å². The minimum atomic E-state index is -0.0347. The van der Waals surface area contributed by atoms with E-state index < -0.39 is 0 Å². The van der Waals surface area contributed by atoms with Crippen LogP contribution in [0.3, 0.4) is 0 Å². The Morgan fingerprint density at radius 1 is 1.36 bits per heavy atom. The van der Waals surface area contributed by atoms with Gasteiger partial charge in [0.25, 0.3) is 0 Å². The summed E-state index contributed by atoms with van der Waals surface area (Å²) >= 11 is 0. The molecule has 1 aliphatic rings. The maximum Gasteiger partial charge on any atom is 0.0764 e. The standard InChI is InChI=1S/C13H24O/c1-10(14-12(2,3)4)11-7-8-13(5,6)9-11/h9-10H,7-8H2,1-6H3. The third kappa shape index (κ3) is 3.45. The third-order valence-corrected chi connectivity index (χ3v) is 2.69. The second-order valence-electron chi connectivity index (χ2n) is 6.08. The normalized spacial score (nSPS) is 23.4. The number of ether oxygens (including phenoxy) is 1. The minimum Gasteiger partial charge on any atom is -0.369 e. The molecule has 14 heavy (non-hydrogen) atoms. The zero-order valence-electron chi connectivity index (χ0n) is 10.5. The van der Waals surface area contributed by atoms with Gasteiger partial charge in [-0.25, -0.2) is 0 Å². The Hall–Kier alpha value is -0.300. The highest BCUT2D eigenvalue weighted by molar-refractivity contribution is 5.18. The van der Waals surface area contributed by atoms with Gasteiger partial charge in [-0.15, -0.1) is 0 Å². The van der Waals surface area contributed by atoms with Crippen LogP contribution in [0.4, 0.5) is 0 Å². The molecule has 0 saturated carbocycles. The summed E-state index contributed by atoms with van der Waals surface area (Å²) in [7, 11) is 0. The SMILES string of the molecule is CC(OC(C)(C)C)C1=CC(C)(C)CC1. The van der Waals surface area contributed by atoms with Crippen LogP contribution in [0.25, 0.3) is 0 Å². The lowest BCUT2D eigenvalue weighted by molar-refractivity contribution is -0.0355. The molecule has 0 heterocycles. The molecule has 0 aromatic heterocycles. The molecule has 82 valence electrons. The van der Waals surface area contributed by atoms with Crippen LogP contribution in [0.5, 0.6) is 0 Å². The van der Waals surface area contributed by atoms with E-state index in [1.807, 2.05) is 0 Å². The first kappa shape index (κ1) is 11.8. The first-order chi connectivity index (χ1) is 6.20. The minimum absolute atomic E-state index is 0.0347. The zero-order valence-corrected chi connectivity index (χ0v) is 10.5. The van der Waals surface area contributed by atoms with Crippen molar-refractivity contribution in [1.29, 1.82) is 0 Å². The van der Waals surface area contributed by atoms with E-state index in [-0.39, 0.29) is 11.7 Å². The molecule has 0 bridgehead atoms. The maximum absolute atomic E-state index is 5.95. The summed E-state index contributed by atoms with van der Waals surface area (Å²) in [6.07, 6.45) is 5.13. The van der Waals surface area contributed by atoms with Crippen LogP contribution in [0.1, 0.15) is 54.4 Å². The second-order valence-corrected chi connectivity index (χ2v) is 6.08. The smallest absolute Gasteiger partial charge is 0.0764 e. The lowest BCUT2D eigenvalue weighted by Crippen LogP contribution is -2.26. The van der Waals surface area contributed by atoms with Crippen molar-refractivity contribution in [1.82, 2.24) is 0 Å². The van der Waals surface area contributed by atoms with Crippen LogP contribution in [-0.4, -0.2) is 11.7 Å².